The number of esters is 1. The zero-order chi connectivity index (χ0) is 20.0. The van der Waals surface area contributed by atoms with Crippen LogP contribution in [0.25, 0.3) is 0 Å². The Bertz CT molecular complexity index is 796. The third kappa shape index (κ3) is 4.77. The predicted molar refractivity (Wildman–Crippen MR) is 104 cm³/mol. The second-order valence-electron chi connectivity index (χ2n) is 6.56. The van der Waals surface area contributed by atoms with Crippen molar-refractivity contribution < 1.29 is 19.1 Å². The van der Waals surface area contributed by atoms with Crippen LogP contribution in [0, 0.1) is 13.8 Å². The quantitative estimate of drug-likeness (QED) is 0.723. The molecule has 1 amide bonds. The number of rotatable bonds is 8. The fourth-order valence-corrected chi connectivity index (χ4v) is 3.24. The lowest BCUT2D eigenvalue weighted by atomic mass is 10.1. The molecule has 1 heterocycles. The zero-order valence-electron chi connectivity index (χ0n) is 16.7. The molecule has 6 nitrogen and oxygen atoms in total. The molecule has 0 aliphatic rings. The molecule has 2 rings (SSSR count). The number of amides is 1. The van der Waals surface area contributed by atoms with Crippen LogP contribution in [-0.2, 0) is 16.0 Å². The summed E-state index contributed by atoms with van der Waals surface area (Å²) in [5, 5.41) is 2.92. The third-order valence-corrected chi connectivity index (χ3v) is 4.44. The average Bonchev–Trinajstić information content (AvgIpc) is 2.86. The first kappa shape index (κ1) is 20.7. The fourth-order valence-electron chi connectivity index (χ4n) is 3.24. The van der Waals surface area contributed by atoms with Crippen molar-refractivity contribution in [2.24, 2.45) is 0 Å². The minimum atomic E-state index is -0.418. The number of aromatic nitrogens is 1. The highest BCUT2D eigenvalue weighted by atomic mass is 16.5. The smallest absolute Gasteiger partial charge is 0.355 e. The number of carbonyl (C=O) groups is 2. The number of nitrogens with zero attached hydrogens (tertiary/aromatic N) is 1. The van der Waals surface area contributed by atoms with Crippen LogP contribution >= 0.6 is 0 Å². The van der Waals surface area contributed by atoms with E-state index in [0.717, 1.165) is 11.3 Å². The molecule has 0 saturated heterocycles. The topological polar surface area (TPSA) is 69.6 Å². The van der Waals surface area contributed by atoms with Gasteiger partial charge in [0.15, 0.2) is 0 Å². The maximum absolute atomic E-state index is 12.8. The van der Waals surface area contributed by atoms with Gasteiger partial charge in [0.05, 0.1) is 18.8 Å². The molecule has 0 saturated carbocycles. The van der Waals surface area contributed by atoms with Crippen LogP contribution in [0.15, 0.2) is 30.3 Å². The van der Waals surface area contributed by atoms with E-state index in [2.05, 4.69) is 5.32 Å². The van der Waals surface area contributed by atoms with E-state index in [1.807, 2.05) is 48.7 Å². The molecular weight excluding hydrogens is 344 g/mol. The number of hydrogen-bond acceptors (Lipinski definition) is 4. The summed E-state index contributed by atoms with van der Waals surface area (Å²) in [4.78, 5) is 25.4. The monoisotopic (exact) mass is 372 g/mol. The van der Waals surface area contributed by atoms with Crippen molar-refractivity contribution in [1.29, 1.82) is 0 Å². The van der Waals surface area contributed by atoms with Crippen LogP contribution in [-0.4, -0.2) is 42.8 Å². The first-order valence-electron chi connectivity index (χ1n) is 9.11. The molecule has 1 aromatic carbocycles. The second kappa shape index (κ2) is 9.37. The molecule has 0 aliphatic carbocycles. The van der Waals surface area contributed by atoms with Gasteiger partial charge in [-0.2, -0.15) is 0 Å². The van der Waals surface area contributed by atoms with E-state index in [1.165, 1.54) is 0 Å². The normalized spacial score (nSPS) is 11.9. The van der Waals surface area contributed by atoms with Crippen LogP contribution in [0.5, 0.6) is 0 Å². The van der Waals surface area contributed by atoms with Gasteiger partial charge in [0, 0.05) is 25.4 Å². The van der Waals surface area contributed by atoms with Gasteiger partial charge >= 0.3 is 5.97 Å². The van der Waals surface area contributed by atoms with Gasteiger partial charge in [0.25, 0.3) is 5.91 Å². The molecule has 2 aromatic rings. The maximum Gasteiger partial charge on any atom is 0.355 e. The Morgan fingerprint density at radius 2 is 1.85 bits per heavy atom. The lowest BCUT2D eigenvalue weighted by Crippen LogP contribution is -2.36. The van der Waals surface area contributed by atoms with Crippen molar-refractivity contribution in [1.82, 2.24) is 9.88 Å². The summed E-state index contributed by atoms with van der Waals surface area (Å²) in [5.74, 6) is -0.634. The Kier molecular flexibility index (Phi) is 7.19. The molecule has 0 bridgehead atoms. The lowest BCUT2D eigenvalue weighted by molar-refractivity contribution is 0.0513. The van der Waals surface area contributed by atoms with Gasteiger partial charge in [-0.25, -0.2) is 4.79 Å². The number of carbonyl (C=O) groups excluding carboxylic acids is 2. The van der Waals surface area contributed by atoms with Gasteiger partial charge in [0.2, 0.25) is 0 Å². The van der Waals surface area contributed by atoms with Crippen LogP contribution in [0.2, 0.25) is 0 Å². The fraction of sp³-hybridized carbons (Fsp3) is 0.429. The number of benzene rings is 1. The highest BCUT2D eigenvalue weighted by Gasteiger charge is 2.27. The highest BCUT2D eigenvalue weighted by Crippen LogP contribution is 2.24. The van der Waals surface area contributed by atoms with Crippen molar-refractivity contribution in [3.05, 3.63) is 58.4 Å². The molecule has 0 spiro atoms. The summed E-state index contributed by atoms with van der Waals surface area (Å²) in [7, 11) is 1.59. The summed E-state index contributed by atoms with van der Waals surface area (Å²) in [5.41, 5.74) is 3.34. The number of ether oxygens (including phenoxy) is 2. The average molecular weight is 372 g/mol. The molecule has 1 aromatic heterocycles. The SMILES string of the molecule is CCOC(=O)c1c(C)c(C(=O)NC(C)COC)c(C)n1Cc1ccccc1. The van der Waals surface area contributed by atoms with Crippen molar-refractivity contribution in [3.63, 3.8) is 0 Å². The van der Waals surface area contributed by atoms with Crippen LogP contribution < -0.4 is 5.32 Å². The molecule has 1 N–H and O–H groups in total. The summed E-state index contributed by atoms with van der Waals surface area (Å²) in [6.45, 7) is 8.47. The van der Waals surface area contributed by atoms with Gasteiger partial charge in [-0.1, -0.05) is 30.3 Å². The van der Waals surface area contributed by atoms with Crippen LogP contribution in [0.1, 0.15) is 51.5 Å². The van der Waals surface area contributed by atoms with Gasteiger partial charge in [0.1, 0.15) is 5.69 Å². The standard InChI is InChI=1S/C21H28N2O4/c1-6-27-21(25)19-15(3)18(20(24)22-14(2)13-26-5)16(4)23(19)12-17-10-8-7-9-11-17/h7-11,14H,6,12-13H2,1-5H3,(H,22,24). The second-order valence-corrected chi connectivity index (χ2v) is 6.56. The highest BCUT2D eigenvalue weighted by molar-refractivity contribution is 6.01. The molecule has 146 valence electrons. The van der Waals surface area contributed by atoms with E-state index in [4.69, 9.17) is 9.47 Å². The van der Waals surface area contributed by atoms with Gasteiger partial charge < -0.3 is 19.4 Å². The Morgan fingerprint density at radius 1 is 1.19 bits per heavy atom. The maximum atomic E-state index is 12.8. The van der Waals surface area contributed by atoms with E-state index in [1.54, 1.807) is 21.0 Å². The minimum Gasteiger partial charge on any atom is -0.461 e. The first-order chi connectivity index (χ1) is 12.9. The summed E-state index contributed by atoms with van der Waals surface area (Å²) < 4.78 is 12.2. The number of nitrogens with one attached hydrogen (secondary N) is 1. The summed E-state index contributed by atoms with van der Waals surface area (Å²) in [6.07, 6.45) is 0. The molecule has 27 heavy (non-hydrogen) atoms. The molecule has 0 aliphatic heterocycles. The predicted octanol–water partition coefficient (Wildman–Crippen LogP) is 3.09. The Hall–Kier alpha value is -2.60. The summed E-state index contributed by atoms with van der Waals surface area (Å²) in [6, 6.07) is 9.69. The molecule has 6 heteroatoms. The zero-order valence-corrected chi connectivity index (χ0v) is 16.7. The molecule has 1 unspecified atom stereocenters. The lowest BCUT2D eigenvalue weighted by Gasteiger charge is -2.13. The van der Waals surface area contributed by atoms with E-state index in [0.29, 0.717) is 30.0 Å². The van der Waals surface area contributed by atoms with Crippen molar-refractivity contribution in [2.75, 3.05) is 20.3 Å². The van der Waals surface area contributed by atoms with Crippen molar-refractivity contribution >= 4 is 11.9 Å². The minimum absolute atomic E-state index is 0.134. The first-order valence-corrected chi connectivity index (χ1v) is 9.11. The van der Waals surface area contributed by atoms with E-state index in [9.17, 15) is 9.59 Å². The van der Waals surface area contributed by atoms with Crippen molar-refractivity contribution in [2.45, 2.75) is 40.3 Å². The Balaban J connectivity index is 2.47. The van der Waals surface area contributed by atoms with Crippen LogP contribution in [0.4, 0.5) is 0 Å². The number of hydrogen-bond donors (Lipinski definition) is 1. The van der Waals surface area contributed by atoms with Gasteiger partial charge in [-0.3, -0.25) is 4.79 Å². The Morgan fingerprint density at radius 3 is 2.44 bits per heavy atom. The van der Waals surface area contributed by atoms with E-state index >= 15 is 0 Å². The molecular formula is C21H28N2O4. The van der Waals surface area contributed by atoms with E-state index in [-0.39, 0.29) is 18.6 Å². The van der Waals surface area contributed by atoms with E-state index < -0.39 is 5.97 Å². The molecule has 0 fully saturated rings. The number of methoxy groups -OCH3 is 1. The van der Waals surface area contributed by atoms with Gasteiger partial charge in [-0.05, 0) is 38.8 Å². The van der Waals surface area contributed by atoms with Gasteiger partial charge in [-0.15, -0.1) is 0 Å². The third-order valence-electron chi connectivity index (χ3n) is 4.44. The molecule has 0 radical (unpaired) electrons. The largest absolute Gasteiger partial charge is 0.461 e. The Labute approximate surface area is 160 Å². The van der Waals surface area contributed by atoms with Crippen molar-refractivity contribution in [3.8, 4) is 0 Å². The van der Waals surface area contributed by atoms with Crippen LogP contribution in [0.3, 0.4) is 0 Å². The molecule has 1 atom stereocenters. The summed E-state index contributed by atoms with van der Waals surface area (Å²) >= 11 is 0.